The molecule has 2 aliphatic rings. The quantitative estimate of drug-likeness (QED) is 0.610. The molecule has 11 heteroatoms. The van der Waals surface area contributed by atoms with Crippen LogP contribution in [0, 0.1) is 5.92 Å². The van der Waals surface area contributed by atoms with Gasteiger partial charge in [-0.15, -0.1) is 5.10 Å². The molecule has 1 aromatic carbocycles. The van der Waals surface area contributed by atoms with Gasteiger partial charge in [0.1, 0.15) is 5.75 Å². The molecule has 2 N–H and O–H groups in total. The standard InChI is InChI=1S/C22H22N6O4S/c1-32-16-7-5-15(6-8-16)23-22(31)24-20-19(25-26-33-20)21(30)27-10-13-9-14(12-27)17-3-2-4-18(29)28(17)11-13/h2-8,13-14H,9-12H2,1H3,(H2,23,24,31)/t13-,14+/m0/s1. The maximum Gasteiger partial charge on any atom is 0.324 e. The SMILES string of the molecule is COc1ccc(NC(=O)Nc2snnc2C(=O)N2C[C@@H]3C[C@H](C2)c2cccc(=O)n2C3)cc1. The second kappa shape index (κ2) is 8.66. The Kier molecular flexibility index (Phi) is 5.55. The number of ether oxygens (including phenoxy) is 1. The minimum absolute atomic E-state index is 0.0000337. The molecule has 2 aliphatic heterocycles. The molecule has 0 radical (unpaired) electrons. The number of carbonyl (C=O) groups is 2. The molecule has 0 saturated carbocycles. The highest BCUT2D eigenvalue weighted by molar-refractivity contribution is 7.10. The summed E-state index contributed by atoms with van der Waals surface area (Å²) in [5.74, 6) is 0.697. The third-order valence-corrected chi connectivity index (χ3v) is 6.67. The molecule has 2 atom stereocenters. The Morgan fingerprint density at radius 1 is 1.09 bits per heavy atom. The Balaban J connectivity index is 1.28. The highest BCUT2D eigenvalue weighted by atomic mass is 32.1. The van der Waals surface area contributed by atoms with Crippen LogP contribution in [0.2, 0.25) is 0 Å². The molecule has 3 aromatic rings. The van der Waals surface area contributed by atoms with Crippen LogP contribution in [-0.4, -0.2) is 51.2 Å². The average molecular weight is 467 g/mol. The predicted octanol–water partition coefficient (Wildman–Crippen LogP) is 2.61. The maximum absolute atomic E-state index is 13.3. The summed E-state index contributed by atoms with van der Waals surface area (Å²) in [7, 11) is 1.57. The molecule has 2 aromatic heterocycles. The van der Waals surface area contributed by atoms with Crippen LogP contribution in [0.5, 0.6) is 5.75 Å². The number of carbonyl (C=O) groups excluding carboxylic acids is 2. The number of urea groups is 1. The fraction of sp³-hybridized carbons (Fsp3) is 0.318. The van der Waals surface area contributed by atoms with Crippen molar-refractivity contribution in [2.75, 3.05) is 30.8 Å². The van der Waals surface area contributed by atoms with Crippen LogP contribution in [-0.2, 0) is 6.54 Å². The van der Waals surface area contributed by atoms with E-state index >= 15 is 0 Å². The lowest BCUT2D eigenvalue weighted by molar-refractivity contribution is 0.0590. The summed E-state index contributed by atoms with van der Waals surface area (Å²) in [5.41, 5.74) is 1.66. The van der Waals surface area contributed by atoms with Gasteiger partial charge in [0.05, 0.1) is 7.11 Å². The molecule has 2 bridgehead atoms. The lowest BCUT2D eigenvalue weighted by Crippen LogP contribution is -2.49. The number of aromatic nitrogens is 3. The summed E-state index contributed by atoms with van der Waals surface area (Å²) in [4.78, 5) is 39.7. The number of amides is 3. The number of methoxy groups -OCH3 is 1. The summed E-state index contributed by atoms with van der Waals surface area (Å²) >= 11 is 0.953. The van der Waals surface area contributed by atoms with Crippen molar-refractivity contribution in [3.63, 3.8) is 0 Å². The van der Waals surface area contributed by atoms with E-state index in [1.54, 1.807) is 48.4 Å². The molecule has 10 nitrogen and oxygen atoms in total. The van der Waals surface area contributed by atoms with Gasteiger partial charge in [-0.05, 0) is 42.7 Å². The molecule has 33 heavy (non-hydrogen) atoms. The number of hydrogen-bond donors (Lipinski definition) is 2. The smallest absolute Gasteiger partial charge is 0.324 e. The summed E-state index contributed by atoms with van der Waals surface area (Å²) in [6.45, 7) is 1.62. The number of anilines is 2. The predicted molar refractivity (Wildman–Crippen MR) is 123 cm³/mol. The van der Waals surface area contributed by atoms with E-state index in [-0.39, 0.29) is 29.0 Å². The van der Waals surface area contributed by atoms with Crippen molar-refractivity contribution < 1.29 is 14.3 Å². The van der Waals surface area contributed by atoms with Crippen molar-refractivity contribution in [1.29, 1.82) is 0 Å². The van der Waals surface area contributed by atoms with E-state index in [0.717, 1.165) is 23.6 Å². The third-order valence-electron chi connectivity index (χ3n) is 6.03. The van der Waals surface area contributed by atoms with Crippen molar-refractivity contribution in [1.82, 2.24) is 19.1 Å². The number of nitrogens with zero attached hydrogens (tertiary/aromatic N) is 4. The first-order valence-corrected chi connectivity index (χ1v) is 11.3. The summed E-state index contributed by atoms with van der Waals surface area (Å²) in [6, 6.07) is 11.7. The van der Waals surface area contributed by atoms with Gasteiger partial charge < -0.3 is 19.5 Å². The fourth-order valence-corrected chi connectivity index (χ4v) is 5.12. The fourth-order valence-electron chi connectivity index (χ4n) is 4.56. The number of hydrogen-bond acceptors (Lipinski definition) is 7. The van der Waals surface area contributed by atoms with Crippen molar-refractivity contribution >= 4 is 34.2 Å². The first-order valence-electron chi connectivity index (χ1n) is 10.5. The van der Waals surface area contributed by atoms with Gasteiger partial charge >= 0.3 is 6.03 Å². The number of pyridine rings is 1. The number of benzene rings is 1. The van der Waals surface area contributed by atoms with E-state index in [1.165, 1.54) is 0 Å². The number of fused-ring (bicyclic) bond motifs is 4. The molecule has 1 fully saturated rings. The maximum atomic E-state index is 13.3. The van der Waals surface area contributed by atoms with Gasteiger partial charge in [0.15, 0.2) is 10.7 Å². The zero-order valence-corrected chi connectivity index (χ0v) is 18.7. The molecular formula is C22H22N6O4S. The Hall–Kier alpha value is -3.73. The van der Waals surface area contributed by atoms with E-state index < -0.39 is 6.03 Å². The van der Waals surface area contributed by atoms with Crippen LogP contribution in [0.3, 0.4) is 0 Å². The zero-order valence-electron chi connectivity index (χ0n) is 17.9. The normalized spacial score (nSPS) is 18.9. The third kappa shape index (κ3) is 4.19. The lowest BCUT2D eigenvalue weighted by atomic mass is 9.83. The first-order chi connectivity index (χ1) is 16.0. The second-order valence-corrected chi connectivity index (χ2v) is 8.92. The molecule has 1 saturated heterocycles. The zero-order chi connectivity index (χ0) is 22.9. The largest absolute Gasteiger partial charge is 0.497 e. The number of likely N-dealkylation sites (tertiary alicyclic amines) is 1. The van der Waals surface area contributed by atoms with Crippen LogP contribution in [0.15, 0.2) is 47.3 Å². The topological polar surface area (TPSA) is 118 Å². The van der Waals surface area contributed by atoms with E-state index in [4.69, 9.17) is 4.74 Å². The van der Waals surface area contributed by atoms with Crippen molar-refractivity contribution in [3.8, 4) is 5.75 Å². The number of rotatable bonds is 4. The minimum atomic E-state index is -0.496. The lowest BCUT2D eigenvalue weighted by Gasteiger charge is -2.42. The average Bonchev–Trinajstić information content (AvgIpc) is 3.27. The van der Waals surface area contributed by atoms with E-state index in [0.29, 0.717) is 36.1 Å². The van der Waals surface area contributed by atoms with Gasteiger partial charge in [0.25, 0.3) is 11.5 Å². The number of piperidine rings is 1. The van der Waals surface area contributed by atoms with Crippen molar-refractivity contribution in [2.24, 2.45) is 5.92 Å². The Bertz CT molecular complexity index is 1250. The van der Waals surface area contributed by atoms with E-state index in [1.807, 2.05) is 10.6 Å². The summed E-state index contributed by atoms with van der Waals surface area (Å²) in [5, 5.41) is 9.67. The monoisotopic (exact) mass is 466 g/mol. The Labute approximate surface area is 193 Å². The van der Waals surface area contributed by atoms with Crippen molar-refractivity contribution in [2.45, 2.75) is 18.9 Å². The highest BCUT2D eigenvalue weighted by Gasteiger charge is 2.37. The summed E-state index contributed by atoms with van der Waals surface area (Å²) < 4.78 is 10.8. The molecule has 0 unspecified atom stereocenters. The van der Waals surface area contributed by atoms with Crippen molar-refractivity contribution in [3.05, 3.63) is 64.2 Å². The van der Waals surface area contributed by atoms with Gasteiger partial charge in [-0.1, -0.05) is 10.6 Å². The molecule has 0 aliphatic carbocycles. The van der Waals surface area contributed by atoms with Crippen LogP contribution in [0.4, 0.5) is 15.5 Å². The van der Waals surface area contributed by atoms with Crippen LogP contribution in [0.25, 0.3) is 0 Å². The molecule has 5 rings (SSSR count). The first kappa shape index (κ1) is 21.1. The Morgan fingerprint density at radius 2 is 1.91 bits per heavy atom. The highest BCUT2D eigenvalue weighted by Crippen LogP contribution is 2.36. The second-order valence-electron chi connectivity index (χ2n) is 8.17. The molecule has 4 heterocycles. The molecule has 0 spiro atoms. The van der Waals surface area contributed by atoms with Gasteiger partial charge in [0, 0.05) is 54.5 Å². The molecule has 170 valence electrons. The van der Waals surface area contributed by atoms with Crippen LogP contribution >= 0.6 is 11.5 Å². The Morgan fingerprint density at radius 3 is 2.70 bits per heavy atom. The van der Waals surface area contributed by atoms with Gasteiger partial charge in [-0.2, -0.15) is 0 Å². The van der Waals surface area contributed by atoms with Crippen LogP contribution < -0.4 is 20.9 Å². The van der Waals surface area contributed by atoms with Crippen LogP contribution in [0.1, 0.15) is 28.5 Å². The van der Waals surface area contributed by atoms with Gasteiger partial charge in [-0.3, -0.25) is 14.9 Å². The molecule has 3 amide bonds. The van der Waals surface area contributed by atoms with E-state index in [2.05, 4.69) is 20.2 Å². The summed E-state index contributed by atoms with van der Waals surface area (Å²) in [6.07, 6.45) is 0.942. The molecular weight excluding hydrogens is 444 g/mol. The number of nitrogens with one attached hydrogen (secondary N) is 2. The van der Waals surface area contributed by atoms with E-state index in [9.17, 15) is 14.4 Å². The van der Waals surface area contributed by atoms with Gasteiger partial charge in [-0.25, -0.2) is 4.79 Å². The van der Waals surface area contributed by atoms with Gasteiger partial charge in [0.2, 0.25) is 0 Å². The minimum Gasteiger partial charge on any atom is -0.497 e.